The Morgan fingerprint density at radius 1 is 1.22 bits per heavy atom. The molecule has 0 aliphatic carbocycles. The van der Waals surface area contributed by atoms with Crippen molar-refractivity contribution in [2.45, 2.75) is 33.2 Å². The first-order valence-corrected chi connectivity index (χ1v) is 8.25. The maximum atomic E-state index is 13.8. The van der Waals surface area contributed by atoms with E-state index in [0.717, 1.165) is 18.7 Å². The van der Waals surface area contributed by atoms with Gasteiger partial charge >= 0.3 is 0 Å². The van der Waals surface area contributed by atoms with Crippen LogP contribution in [0.2, 0.25) is 0 Å². The van der Waals surface area contributed by atoms with Crippen molar-refractivity contribution in [2.24, 2.45) is 5.92 Å². The minimum absolute atomic E-state index is 0.0180. The lowest BCUT2D eigenvalue weighted by Crippen LogP contribution is -2.38. The molecule has 2 rings (SSSR count). The van der Waals surface area contributed by atoms with E-state index in [4.69, 9.17) is 16.6 Å². The van der Waals surface area contributed by atoms with Crippen molar-refractivity contribution in [3.63, 3.8) is 0 Å². The highest BCUT2D eigenvalue weighted by molar-refractivity contribution is 7.80. The molecule has 1 heterocycles. The van der Waals surface area contributed by atoms with Crippen LogP contribution >= 0.6 is 12.2 Å². The average Bonchev–Trinajstić information content (AvgIpc) is 3.03. The van der Waals surface area contributed by atoms with Crippen LogP contribution in [0.15, 0.2) is 47.1 Å². The van der Waals surface area contributed by atoms with E-state index < -0.39 is 0 Å². The average molecular weight is 334 g/mol. The van der Waals surface area contributed by atoms with Crippen LogP contribution in [0.5, 0.6) is 0 Å². The molecular weight excluding hydrogens is 311 g/mol. The van der Waals surface area contributed by atoms with Crippen molar-refractivity contribution in [1.29, 1.82) is 0 Å². The predicted molar refractivity (Wildman–Crippen MR) is 95.9 cm³/mol. The Morgan fingerprint density at radius 3 is 2.57 bits per heavy atom. The van der Waals surface area contributed by atoms with Gasteiger partial charge in [0.1, 0.15) is 11.6 Å². The maximum Gasteiger partial charge on any atom is 0.174 e. The highest BCUT2D eigenvalue weighted by Crippen LogP contribution is 2.23. The lowest BCUT2D eigenvalue weighted by Gasteiger charge is -2.31. The van der Waals surface area contributed by atoms with Crippen LogP contribution in [-0.2, 0) is 0 Å². The molecule has 3 nitrogen and oxygen atoms in total. The third-order valence-electron chi connectivity index (χ3n) is 3.75. The van der Waals surface area contributed by atoms with Gasteiger partial charge in [0, 0.05) is 6.54 Å². The van der Waals surface area contributed by atoms with E-state index in [2.05, 4.69) is 19.2 Å². The van der Waals surface area contributed by atoms with E-state index in [-0.39, 0.29) is 11.9 Å². The van der Waals surface area contributed by atoms with Crippen LogP contribution < -0.4 is 5.32 Å². The zero-order valence-corrected chi connectivity index (χ0v) is 14.6. The topological polar surface area (TPSA) is 28.4 Å². The first-order valence-electron chi connectivity index (χ1n) is 7.84. The molecule has 1 aromatic carbocycles. The van der Waals surface area contributed by atoms with Gasteiger partial charge < -0.3 is 14.6 Å². The number of para-hydroxylation sites is 1. The number of benzene rings is 1. The van der Waals surface area contributed by atoms with E-state index in [1.807, 2.05) is 24.0 Å². The molecule has 1 aromatic heterocycles. The van der Waals surface area contributed by atoms with Gasteiger partial charge in [-0.25, -0.2) is 4.39 Å². The van der Waals surface area contributed by atoms with E-state index in [0.29, 0.717) is 16.7 Å². The van der Waals surface area contributed by atoms with Crippen LogP contribution in [-0.4, -0.2) is 16.6 Å². The number of thiocarbonyl (C=S) groups is 1. The molecule has 0 unspecified atom stereocenters. The second kappa shape index (κ2) is 8.11. The van der Waals surface area contributed by atoms with Crippen molar-refractivity contribution < 1.29 is 8.81 Å². The Hall–Kier alpha value is -1.88. The van der Waals surface area contributed by atoms with Gasteiger partial charge in [0.25, 0.3) is 0 Å². The molecule has 1 N–H and O–H groups in total. The van der Waals surface area contributed by atoms with Crippen molar-refractivity contribution in [3.05, 3.63) is 54.2 Å². The van der Waals surface area contributed by atoms with Crippen molar-refractivity contribution >= 4 is 23.0 Å². The standard InChI is InChI=1S/C18H23FN2OS/c1-13(2)10-11-21(14(3)17-9-6-12-22-17)18(23)20-16-8-5-4-7-15(16)19/h4-9,12-14H,10-11H2,1-3H3,(H,20,23)/t14-/m0/s1. The molecule has 2 aromatic rings. The molecule has 0 saturated carbocycles. The van der Waals surface area contributed by atoms with Gasteiger partial charge in [-0.05, 0) is 55.7 Å². The number of nitrogens with one attached hydrogen (secondary N) is 1. The molecular formula is C18H23FN2OS. The van der Waals surface area contributed by atoms with Gasteiger partial charge in [-0.3, -0.25) is 0 Å². The highest BCUT2D eigenvalue weighted by Gasteiger charge is 2.21. The number of hydrogen-bond donors (Lipinski definition) is 1. The largest absolute Gasteiger partial charge is 0.467 e. The summed E-state index contributed by atoms with van der Waals surface area (Å²) in [5.41, 5.74) is 0.388. The summed E-state index contributed by atoms with van der Waals surface area (Å²) >= 11 is 5.53. The molecule has 0 bridgehead atoms. The van der Waals surface area contributed by atoms with Crippen LogP contribution in [0, 0.1) is 11.7 Å². The van der Waals surface area contributed by atoms with Crippen LogP contribution in [0.25, 0.3) is 0 Å². The predicted octanol–water partition coefficient (Wildman–Crippen LogP) is 5.22. The second-order valence-corrected chi connectivity index (χ2v) is 6.36. The Bertz CT molecular complexity index is 628. The fourth-order valence-corrected chi connectivity index (χ4v) is 2.66. The van der Waals surface area contributed by atoms with E-state index in [1.54, 1.807) is 24.5 Å². The number of hydrogen-bond acceptors (Lipinski definition) is 2. The Morgan fingerprint density at radius 2 is 1.96 bits per heavy atom. The van der Waals surface area contributed by atoms with Crippen LogP contribution in [0.1, 0.15) is 39.0 Å². The fraction of sp³-hybridized carbons (Fsp3) is 0.389. The summed E-state index contributed by atoms with van der Waals surface area (Å²) in [6.07, 6.45) is 2.64. The van der Waals surface area contributed by atoms with Crippen molar-refractivity contribution in [2.75, 3.05) is 11.9 Å². The van der Waals surface area contributed by atoms with Crippen LogP contribution in [0.3, 0.4) is 0 Å². The molecule has 0 aliphatic rings. The zero-order chi connectivity index (χ0) is 16.8. The third kappa shape index (κ3) is 4.79. The summed E-state index contributed by atoms with van der Waals surface area (Å²) in [4.78, 5) is 2.04. The summed E-state index contributed by atoms with van der Waals surface area (Å²) in [7, 11) is 0. The minimum Gasteiger partial charge on any atom is -0.467 e. The Balaban J connectivity index is 2.15. The summed E-state index contributed by atoms with van der Waals surface area (Å²) in [5, 5.41) is 3.52. The zero-order valence-electron chi connectivity index (χ0n) is 13.8. The van der Waals surface area contributed by atoms with Gasteiger partial charge in [-0.2, -0.15) is 0 Å². The molecule has 1 atom stereocenters. The first kappa shape index (κ1) is 17.5. The van der Waals surface area contributed by atoms with Crippen molar-refractivity contribution in [1.82, 2.24) is 4.90 Å². The summed E-state index contributed by atoms with van der Waals surface area (Å²) in [5.74, 6) is 1.08. The molecule has 0 aliphatic heterocycles. The second-order valence-electron chi connectivity index (χ2n) is 5.98. The van der Waals surface area contributed by atoms with Gasteiger partial charge in [0.15, 0.2) is 5.11 Å². The van der Waals surface area contributed by atoms with E-state index in [9.17, 15) is 4.39 Å². The van der Waals surface area contributed by atoms with Crippen LogP contribution in [0.4, 0.5) is 10.1 Å². The molecule has 5 heteroatoms. The molecule has 23 heavy (non-hydrogen) atoms. The quantitative estimate of drug-likeness (QED) is 0.733. The van der Waals surface area contributed by atoms with E-state index >= 15 is 0 Å². The molecule has 0 fully saturated rings. The lowest BCUT2D eigenvalue weighted by molar-refractivity contribution is 0.281. The first-order chi connectivity index (χ1) is 11.0. The number of nitrogens with zero attached hydrogens (tertiary/aromatic N) is 1. The lowest BCUT2D eigenvalue weighted by atomic mass is 10.1. The number of rotatable bonds is 6. The normalized spacial score (nSPS) is 12.2. The number of furan rings is 1. The van der Waals surface area contributed by atoms with Gasteiger partial charge in [-0.15, -0.1) is 0 Å². The van der Waals surface area contributed by atoms with Gasteiger partial charge in [-0.1, -0.05) is 26.0 Å². The molecule has 0 spiro atoms. The third-order valence-corrected chi connectivity index (χ3v) is 4.08. The Kier molecular flexibility index (Phi) is 6.16. The summed E-state index contributed by atoms with van der Waals surface area (Å²) < 4.78 is 19.3. The molecule has 0 radical (unpaired) electrons. The number of halogens is 1. The number of anilines is 1. The SMILES string of the molecule is CC(C)CCN(C(=S)Nc1ccccc1F)[C@@H](C)c1ccco1. The summed E-state index contributed by atoms with van der Waals surface area (Å²) in [6.45, 7) is 7.15. The monoisotopic (exact) mass is 334 g/mol. The smallest absolute Gasteiger partial charge is 0.174 e. The van der Waals surface area contributed by atoms with Gasteiger partial charge in [0.05, 0.1) is 18.0 Å². The van der Waals surface area contributed by atoms with E-state index in [1.165, 1.54) is 6.07 Å². The molecule has 0 saturated heterocycles. The van der Waals surface area contributed by atoms with Crippen molar-refractivity contribution in [3.8, 4) is 0 Å². The maximum absolute atomic E-state index is 13.8. The Labute approximate surface area is 142 Å². The van der Waals surface area contributed by atoms with Gasteiger partial charge in [0.2, 0.25) is 0 Å². The highest BCUT2D eigenvalue weighted by atomic mass is 32.1. The fourth-order valence-electron chi connectivity index (χ4n) is 2.30. The minimum atomic E-state index is -0.315. The summed E-state index contributed by atoms with van der Waals surface area (Å²) in [6, 6.07) is 10.3. The molecule has 0 amide bonds. The molecule has 124 valence electrons.